The third kappa shape index (κ3) is 10.3. The van der Waals surface area contributed by atoms with Gasteiger partial charge in [-0.1, -0.05) is 48.5 Å². The van der Waals surface area contributed by atoms with Crippen LogP contribution in [0, 0.1) is 11.8 Å². The Labute approximate surface area is 274 Å². The van der Waals surface area contributed by atoms with Crippen LogP contribution in [0.2, 0.25) is 0 Å². The fourth-order valence-electron chi connectivity index (χ4n) is 5.99. The van der Waals surface area contributed by atoms with Crippen molar-refractivity contribution in [3.63, 3.8) is 0 Å². The van der Waals surface area contributed by atoms with Crippen molar-refractivity contribution in [1.29, 1.82) is 0 Å². The van der Waals surface area contributed by atoms with Crippen LogP contribution in [-0.2, 0) is 14.4 Å². The largest absolute Gasteiger partial charge is 0.389 e. The number of anilines is 1. The third-order valence-corrected chi connectivity index (χ3v) is 8.65. The Balaban J connectivity index is 1.65. The molecule has 4 rings (SSSR count). The number of hydrogen-bond donors (Lipinski definition) is 3. The second kappa shape index (κ2) is 15.9. The number of likely N-dealkylation sites (tertiary alicyclic amines) is 1. The molecule has 3 amide bonds. The summed E-state index contributed by atoms with van der Waals surface area (Å²) in [6, 6.07) is 15.6. The lowest BCUT2D eigenvalue weighted by molar-refractivity contribution is -0.148. The average molecular weight is 683 g/mol. The van der Waals surface area contributed by atoms with Gasteiger partial charge in [0.15, 0.2) is 0 Å². The molecular formula is C33H40F6N6O3. The van der Waals surface area contributed by atoms with Gasteiger partial charge in [0.1, 0.15) is 0 Å². The van der Waals surface area contributed by atoms with Crippen molar-refractivity contribution >= 4 is 29.1 Å². The first kappa shape index (κ1) is 36.8. The number of piperidine rings is 1. The average Bonchev–Trinajstić information content (AvgIpc) is 3.13. The predicted octanol–water partition coefficient (Wildman–Crippen LogP) is 4.75. The number of nitrogens with one attached hydrogen (secondary N) is 2. The van der Waals surface area contributed by atoms with E-state index in [1.807, 2.05) is 4.90 Å². The van der Waals surface area contributed by atoms with Crippen LogP contribution in [0.25, 0.3) is 0 Å². The molecule has 262 valence electrons. The van der Waals surface area contributed by atoms with E-state index in [1.165, 1.54) is 11.9 Å². The van der Waals surface area contributed by atoms with Gasteiger partial charge in [-0.15, -0.1) is 0 Å². The van der Waals surface area contributed by atoms with Gasteiger partial charge in [-0.2, -0.15) is 26.3 Å². The number of rotatable bonds is 12. The number of nitrogens with zero attached hydrogens (tertiary/aromatic N) is 3. The van der Waals surface area contributed by atoms with E-state index in [4.69, 9.17) is 5.73 Å². The highest BCUT2D eigenvalue weighted by Crippen LogP contribution is 2.33. The van der Waals surface area contributed by atoms with E-state index in [0.717, 1.165) is 0 Å². The minimum Gasteiger partial charge on any atom is -0.343 e. The van der Waals surface area contributed by atoms with Gasteiger partial charge in [-0.05, 0) is 38.2 Å². The molecule has 0 aromatic heterocycles. The Hall–Kier alpha value is -3.98. The molecular weight excluding hydrogens is 642 g/mol. The van der Waals surface area contributed by atoms with Gasteiger partial charge in [-0.25, -0.2) is 4.99 Å². The fraction of sp³-hybridized carbons (Fsp3) is 0.515. The van der Waals surface area contributed by atoms with Gasteiger partial charge in [-0.3, -0.25) is 19.3 Å². The molecule has 0 bridgehead atoms. The topological polar surface area (TPSA) is 120 Å². The predicted molar refractivity (Wildman–Crippen MR) is 168 cm³/mol. The van der Waals surface area contributed by atoms with Crippen LogP contribution in [-0.4, -0.2) is 79.7 Å². The summed E-state index contributed by atoms with van der Waals surface area (Å²) in [6.07, 6.45) is -14.3. The second-order valence-corrected chi connectivity index (χ2v) is 12.2. The van der Waals surface area contributed by atoms with Crippen LogP contribution in [0.5, 0.6) is 0 Å². The minimum atomic E-state index is -4.70. The minimum absolute atomic E-state index is 0.0122. The van der Waals surface area contributed by atoms with Crippen LogP contribution in [0.15, 0.2) is 59.6 Å². The lowest BCUT2D eigenvalue weighted by Crippen LogP contribution is -2.51. The molecule has 2 aromatic carbocycles. The Morgan fingerprint density at radius 2 is 1.50 bits per heavy atom. The van der Waals surface area contributed by atoms with Crippen LogP contribution in [0.4, 0.5) is 32.0 Å². The zero-order valence-electron chi connectivity index (χ0n) is 26.5. The van der Waals surface area contributed by atoms with Crippen LogP contribution in [0.3, 0.4) is 0 Å². The van der Waals surface area contributed by atoms with Crippen molar-refractivity contribution < 1.29 is 40.7 Å². The molecule has 3 unspecified atom stereocenters. The number of hydrogen-bond acceptors (Lipinski definition) is 6. The number of nitrogens with two attached hydrogens (primary N) is 1. The molecule has 0 saturated carbocycles. The molecule has 2 aliphatic heterocycles. The zero-order valence-corrected chi connectivity index (χ0v) is 26.5. The van der Waals surface area contributed by atoms with Crippen LogP contribution in [0.1, 0.15) is 56.1 Å². The van der Waals surface area contributed by atoms with Crippen molar-refractivity contribution in [1.82, 2.24) is 15.5 Å². The van der Waals surface area contributed by atoms with Crippen molar-refractivity contribution in [2.24, 2.45) is 22.6 Å². The Morgan fingerprint density at radius 1 is 0.896 bits per heavy atom. The van der Waals surface area contributed by atoms with Crippen molar-refractivity contribution in [3.05, 3.63) is 65.7 Å². The standard InChI is InChI=1S/C33H40F6N6O3/c1-44-26-12-6-5-10-25(26)27(21-8-3-2-4-9-21)42-28(31(44)48)43-30(47)23(11-7-16-32(34,35)36)24(13-17-33(37,38)39)29(46)41-20-45-18-14-22(40)15-19-45/h2-6,8-10,12,22-24,28H,7,11,13-20,40H2,1H3,(H,41,46)(H,43,47). The van der Waals surface area contributed by atoms with E-state index in [-0.39, 0.29) is 12.7 Å². The number of fused-ring (bicyclic) bond motifs is 1. The molecule has 48 heavy (non-hydrogen) atoms. The van der Waals surface area contributed by atoms with Gasteiger partial charge in [0.05, 0.1) is 18.1 Å². The molecule has 2 aliphatic rings. The number of carbonyl (C=O) groups is 3. The van der Waals surface area contributed by atoms with E-state index < -0.39 is 80.2 Å². The Morgan fingerprint density at radius 3 is 2.15 bits per heavy atom. The molecule has 9 nitrogen and oxygen atoms in total. The lowest BCUT2D eigenvalue weighted by Gasteiger charge is -2.32. The maximum Gasteiger partial charge on any atom is 0.389 e. The second-order valence-electron chi connectivity index (χ2n) is 12.2. The molecule has 4 N–H and O–H groups in total. The summed E-state index contributed by atoms with van der Waals surface area (Å²) in [7, 11) is 1.47. The van der Waals surface area contributed by atoms with Gasteiger partial charge >= 0.3 is 12.4 Å². The SMILES string of the molecule is CN1C(=O)C(NC(=O)C(CCCC(F)(F)F)C(CCC(F)(F)F)C(=O)NCN2CCC(N)CC2)N=C(c2ccccc2)c2ccccc21. The summed E-state index contributed by atoms with van der Waals surface area (Å²) in [5.41, 5.74) is 7.92. The van der Waals surface area contributed by atoms with Crippen LogP contribution >= 0.6 is 0 Å². The molecule has 3 atom stereocenters. The smallest absolute Gasteiger partial charge is 0.343 e. The van der Waals surface area contributed by atoms with E-state index in [9.17, 15) is 40.7 Å². The molecule has 15 heteroatoms. The van der Waals surface area contributed by atoms with Crippen LogP contribution < -0.4 is 21.3 Å². The molecule has 1 saturated heterocycles. The summed E-state index contributed by atoms with van der Waals surface area (Å²) >= 11 is 0. The van der Waals surface area contributed by atoms with E-state index in [0.29, 0.717) is 48.5 Å². The first-order valence-electron chi connectivity index (χ1n) is 15.8. The number of halogens is 6. The highest BCUT2D eigenvalue weighted by molar-refractivity contribution is 6.20. The number of carbonyl (C=O) groups excluding carboxylic acids is 3. The number of likely N-dealkylation sites (N-methyl/N-ethyl adjacent to an activating group) is 1. The maximum atomic E-state index is 13.9. The normalized spacial score (nSPS) is 19.2. The quantitative estimate of drug-likeness (QED) is 0.280. The number of benzene rings is 2. The molecule has 0 spiro atoms. The van der Waals surface area contributed by atoms with Crippen molar-refractivity contribution in [2.75, 3.05) is 31.7 Å². The lowest BCUT2D eigenvalue weighted by atomic mass is 9.83. The summed E-state index contributed by atoms with van der Waals surface area (Å²) in [4.78, 5) is 48.8. The number of para-hydroxylation sites is 1. The van der Waals surface area contributed by atoms with E-state index >= 15 is 0 Å². The molecule has 0 aliphatic carbocycles. The highest BCUT2D eigenvalue weighted by Gasteiger charge is 2.40. The van der Waals surface area contributed by atoms with Gasteiger partial charge in [0.2, 0.25) is 18.0 Å². The number of amides is 3. The number of benzodiazepines with no additional fused rings is 1. The Kier molecular flexibility index (Phi) is 12.2. The first-order valence-corrected chi connectivity index (χ1v) is 15.8. The van der Waals surface area contributed by atoms with Crippen molar-refractivity contribution in [3.8, 4) is 0 Å². The fourth-order valence-corrected chi connectivity index (χ4v) is 5.99. The van der Waals surface area contributed by atoms with Gasteiger partial charge < -0.3 is 21.3 Å². The summed E-state index contributed by atoms with van der Waals surface area (Å²) in [6.45, 7) is 1.04. The third-order valence-electron chi connectivity index (χ3n) is 8.65. The Bertz CT molecular complexity index is 1440. The first-order chi connectivity index (χ1) is 22.6. The number of alkyl halides is 6. The molecule has 2 heterocycles. The van der Waals surface area contributed by atoms with E-state index in [2.05, 4.69) is 15.6 Å². The zero-order chi connectivity index (χ0) is 35.1. The molecule has 0 radical (unpaired) electrons. The maximum absolute atomic E-state index is 13.9. The highest BCUT2D eigenvalue weighted by atomic mass is 19.4. The molecule has 1 fully saturated rings. The summed E-state index contributed by atoms with van der Waals surface area (Å²) < 4.78 is 79.8. The summed E-state index contributed by atoms with van der Waals surface area (Å²) in [5.74, 6) is -5.89. The number of aliphatic imine (C=N–C) groups is 1. The molecule has 2 aromatic rings. The van der Waals surface area contributed by atoms with Gasteiger partial charge in [0.25, 0.3) is 5.91 Å². The van der Waals surface area contributed by atoms with Gasteiger partial charge in [0, 0.05) is 62.0 Å². The summed E-state index contributed by atoms with van der Waals surface area (Å²) in [5, 5.41) is 5.07. The monoisotopic (exact) mass is 682 g/mol. The van der Waals surface area contributed by atoms with Crippen molar-refractivity contribution in [2.45, 2.75) is 69.5 Å². The van der Waals surface area contributed by atoms with E-state index in [1.54, 1.807) is 54.6 Å².